The number of hydrogen-bond acceptors (Lipinski definition) is 8. The standard InChI is InChI=1S/C18H19FN6O.C2HF3O2/c19-14-10-21-17(22-11-14)25-7-8-26-18(13-25)5-2-6-24(12-18)16-4-1-3-15(9-20)23-16;3-2(4,5)1(6)7/h1,3-4,10-11H,2,5-8,12-13H2;(H,6,7). The number of pyridine rings is 1. The fraction of sp³-hybridized carbons (Fsp3) is 0.450. The van der Waals surface area contributed by atoms with Crippen molar-refractivity contribution in [2.45, 2.75) is 24.6 Å². The lowest BCUT2D eigenvalue weighted by Crippen LogP contribution is -2.60. The summed E-state index contributed by atoms with van der Waals surface area (Å²) in [5.74, 6) is -1.88. The van der Waals surface area contributed by atoms with Gasteiger partial charge in [0, 0.05) is 13.1 Å². The van der Waals surface area contributed by atoms with Gasteiger partial charge in [-0.15, -0.1) is 0 Å². The van der Waals surface area contributed by atoms with Crippen LogP contribution in [0.25, 0.3) is 0 Å². The van der Waals surface area contributed by atoms with E-state index in [1.54, 1.807) is 6.07 Å². The molecule has 0 aliphatic carbocycles. The average molecular weight is 468 g/mol. The smallest absolute Gasteiger partial charge is 0.475 e. The predicted molar refractivity (Wildman–Crippen MR) is 107 cm³/mol. The monoisotopic (exact) mass is 468 g/mol. The number of alkyl halides is 3. The second kappa shape index (κ2) is 9.95. The molecule has 2 fully saturated rings. The summed E-state index contributed by atoms with van der Waals surface area (Å²) >= 11 is 0. The number of piperidine rings is 1. The van der Waals surface area contributed by atoms with Crippen molar-refractivity contribution in [3.63, 3.8) is 0 Å². The van der Waals surface area contributed by atoms with Crippen LogP contribution in [0.5, 0.6) is 0 Å². The lowest BCUT2D eigenvalue weighted by Gasteiger charge is -2.48. The Balaban J connectivity index is 0.000000383. The quantitative estimate of drug-likeness (QED) is 0.664. The van der Waals surface area contributed by atoms with Gasteiger partial charge in [-0.3, -0.25) is 0 Å². The fourth-order valence-corrected chi connectivity index (χ4v) is 3.69. The molecule has 2 aliphatic heterocycles. The Labute approximate surface area is 186 Å². The van der Waals surface area contributed by atoms with Gasteiger partial charge in [-0.05, 0) is 25.0 Å². The Bertz CT molecular complexity index is 1010. The summed E-state index contributed by atoms with van der Waals surface area (Å²) in [6.07, 6.45) is -0.806. The summed E-state index contributed by atoms with van der Waals surface area (Å²) in [5.41, 5.74) is 0.0616. The van der Waals surface area contributed by atoms with Crippen LogP contribution < -0.4 is 9.80 Å². The van der Waals surface area contributed by atoms with Crippen molar-refractivity contribution in [1.29, 1.82) is 5.26 Å². The van der Waals surface area contributed by atoms with Crippen molar-refractivity contribution in [2.75, 3.05) is 42.6 Å². The molecule has 1 atom stereocenters. The molecule has 2 aromatic heterocycles. The van der Waals surface area contributed by atoms with E-state index >= 15 is 0 Å². The van der Waals surface area contributed by atoms with Gasteiger partial charge in [0.15, 0.2) is 5.82 Å². The number of nitriles is 1. The van der Waals surface area contributed by atoms with Crippen LogP contribution in [-0.4, -0.2) is 70.6 Å². The van der Waals surface area contributed by atoms with Crippen LogP contribution in [0.2, 0.25) is 0 Å². The lowest BCUT2D eigenvalue weighted by molar-refractivity contribution is -0.192. The average Bonchev–Trinajstić information content (AvgIpc) is 2.79. The zero-order valence-electron chi connectivity index (χ0n) is 17.3. The van der Waals surface area contributed by atoms with E-state index in [4.69, 9.17) is 19.9 Å². The molecule has 1 N–H and O–H groups in total. The number of carbonyl (C=O) groups is 1. The molecule has 13 heteroatoms. The van der Waals surface area contributed by atoms with Gasteiger partial charge in [0.1, 0.15) is 23.2 Å². The molecular formula is C20H20F4N6O3. The molecular weight excluding hydrogens is 448 g/mol. The van der Waals surface area contributed by atoms with Crippen molar-refractivity contribution in [1.82, 2.24) is 15.0 Å². The second-order valence-corrected chi connectivity index (χ2v) is 7.48. The van der Waals surface area contributed by atoms with Gasteiger partial charge in [0.2, 0.25) is 5.95 Å². The number of ether oxygens (including phenoxy) is 1. The van der Waals surface area contributed by atoms with Crippen LogP contribution in [0.15, 0.2) is 30.6 Å². The van der Waals surface area contributed by atoms with Gasteiger partial charge < -0.3 is 19.6 Å². The van der Waals surface area contributed by atoms with Crippen molar-refractivity contribution < 1.29 is 32.2 Å². The number of halogens is 4. The molecule has 4 rings (SSSR count). The third kappa shape index (κ3) is 6.26. The number of aliphatic carboxylic acids is 1. The highest BCUT2D eigenvalue weighted by Gasteiger charge is 2.41. The van der Waals surface area contributed by atoms with E-state index in [-0.39, 0.29) is 5.60 Å². The van der Waals surface area contributed by atoms with E-state index in [1.165, 1.54) is 12.4 Å². The Morgan fingerprint density at radius 2 is 1.85 bits per heavy atom. The minimum Gasteiger partial charge on any atom is -0.475 e. The van der Waals surface area contributed by atoms with Crippen LogP contribution in [0.3, 0.4) is 0 Å². The highest BCUT2D eigenvalue weighted by molar-refractivity contribution is 5.73. The molecule has 9 nitrogen and oxygen atoms in total. The zero-order valence-corrected chi connectivity index (χ0v) is 17.3. The summed E-state index contributed by atoms with van der Waals surface area (Å²) in [4.78, 5) is 25.7. The summed E-state index contributed by atoms with van der Waals surface area (Å²) in [6, 6.07) is 7.56. The molecule has 2 saturated heterocycles. The molecule has 33 heavy (non-hydrogen) atoms. The Hall–Kier alpha value is -3.53. The molecule has 0 radical (unpaired) electrons. The molecule has 2 aromatic rings. The number of hydrogen-bond donors (Lipinski definition) is 1. The molecule has 0 saturated carbocycles. The van der Waals surface area contributed by atoms with E-state index < -0.39 is 18.0 Å². The number of nitrogens with zero attached hydrogens (tertiary/aromatic N) is 6. The predicted octanol–water partition coefficient (Wildman–Crippen LogP) is 2.39. The summed E-state index contributed by atoms with van der Waals surface area (Å²) in [7, 11) is 0. The maximum absolute atomic E-state index is 13.1. The Morgan fingerprint density at radius 3 is 2.48 bits per heavy atom. The lowest BCUT2D eigenvalue weighted by atomic mass is 9.90. The van der Waals surface area contributed by atoms with E-state index in [0.29, 0.717) is 37.9 Å². The third-order valence-electron chi connectivity index (χ3n) is 5.09. The number of carboxylic acid groups (broad SMARTS) is 1. The van der Waals surface area contributed by atoms with Crippen LogP contribution in [0.1, 0.15) is 18.5 Å². The molecule has 1 unspecified atom stereocenters. The van der Waals surface area contributed by atoms with Crippen LogP contribution in [0.4, 0.5) is 29.3 Å². The van der Waals surface area contributed by atoms with Gasteiger partial charge in [-0.25, -0.2) is 24.1 Å². The van der Waals surface area contributed by atoms with Crippen molar-refractivity contribution in [3.05, 3.63) is 42.1 Å². The van der Waals surface area contributed by atoms with Crippen LogP contribution in [0, 0.1) is 17.1 Å². The minimum absolute atomic E-state index is 0.349. The van der Waals surface area contributed by atoms with Gasteiger partial charge in [0.25, 0.3) is 0 Å². The summed E-state index contributed by atoms with van der Waals surface area (Å²) in [5, 5.41) is 16.2. The number of carboxylic acids is 1. The Morgan fingerprint density at radius 1 is 1.18 bits per heavy atom. The van der Waals surface area contributed by atoms with Crippen molar-refractivity contribution >= 4 is 17.7 Å². The molecule has 2 aliphatic rings. The molecule has 0 amide bonds. The first-order chi connectivity index (χ1) is 15.6. The second-order valence-electron chi connectivity index (χ2n) is 7.48. The van der Waals surface area contributed by atoms with Crippen molar-refractivity contribution in [3.8, 4) is 6.07 Å². The number of rotatable bonds is 2. The molecule has 0 aromatic carbocycles. The summed E-state index contributed by atoms with van der Waals surface area (Å²) in [6.45, 7) is 3.45. The van der Waals surface area contributed by atoms with Gasteiger partial charge in [-0.1, -0.05) is 6.07 Å². The normalized spacial score (nSPS) is 20.6. The SMILES string of the molecule is N#Cc1cccc(N2CCCC3(C2)CN(c2ncc(F)cn2)CCO3)n1.O=C(O)C(F)(F)F. The summed E-state index contributed by atoms with van der Waals surface area (Å²) < 4.78 is 51.0. The third-order valence-corrected chi connectivity index (χ3v) is 5.09. The first-order valence-electron chi connectivity index (χ1n) is 9.91. The topological polar surface area (TPSA) is 115 Å². The highest BCUT2D eigenvalue weighted by Crippen LogP contribution is 2.32. The van der Waals surface area contributed by atoms with E-state index in [2.05, 4.69) is 25.9 Å². The van der Waals surface area contributed by atoms with Gasteiger partial charge in [-0.2, -0.15) is 18.4 Å². The first-order valence-corrected chi connectivity index (χ1v) is 9.91. The molecule has 176 valence electrons. The number of anilines is 2. The van der Waals surface area contributed by atoms with Crippen molar-refractivity contribution in [2.24, 2.45) is 0 Å². The molecule has 1 spiro atoms. The fourth-order valence-electron chi connectivity index (χ4n) is 3.69. The Kier molecular flexibility index (Phi) is 7.27. The maximum Gasteiger partial charge on any atom is 0.490 e. The van der Waals surface area contributed by atoms with Gasteiger partial charge >= 0.3 is 12.1 Å². The highest BCUT2D eigenvalue weighted by atomic mass is 19.4. The van der Waals surface area contributed by atoms with E-state index in [9.17, 15) is 17.6 Å². The van der Waals surface area contributed by atoms with E-state index in [0.717, 1.165) is 25.2 Å². The largest absolute Gasteiger partial charge is 0.490 e. The van der Waals surface area contributed by atoms with E-state index in [1.807, 2.05) is 17.0 Å². The zero-order chi connectivity index (χ0) is 24.1. The van der Waals surface area contributed by atoms with Crippen LogP contribution >= 0.6 is 0 Å². The maximum atomic E-state index is 13.1. The number of aromatic nitrogens is 3. The first kappa shape index (κ1) is 24.1. The molecule has 4 heterocycles. The van der Waals surface area contributed by atoms with Crippen LogP contribution in [-0.2, 0) is 9.53 Å². The number of morpholine rings is 1. The molecule has 0 bridgehead atoms. The minimum atomic E-state index is -5.08. The van der Waals surface area contributed by atoms with Gasteiger partial charge in [0.05, 0.1) is 32.1 Å².